The summed E-state index contributed by atoms with van der Waals surface area (Å²) in [4.78, 5) is 137. The molecule has 10 unspecified atom stereocenters. The predicted octanol–water partition coefficient (Wildman–Crippen LogP) is -3.42. The van der Waals surface area contributed by atoms with E-state index in [4.69, 9.17) is 22.9 Å². The Morgan fingerprint density at radius 1 is 0.870 bits per heavy atom. The van der Waals surface area contributed by atoms with Crippen LogP contribution < -0.4 is 60.2 Å². The number of aryl methyl sites for hydroxylation is 1. The van der Waals surface area contributed by atoms with Gasteiger partial charge in [0.25, 0.3) is 0 Å². The van der Waals surface area contributed by atoms with E-state index in [2.05, 4.69) is 37.2 Å². The SMILES string of the molecule is CCC(C)C1NC(=O)C(Cc2ccc(C)cc2)NC(=O)C(N)C(C)(C)SSCC(C(=O)N2CCCC2C(=O)NC(CCCN)C(=O)NCC(N)=O)NC(=O)C(CC(N)=O)NC(=O)C(C(C)O)NC1=O. The minimum Gasteiger partial charge on any atom is -0.391 e. The Morgan fingerprint density at radius 2 is 1.48 bits per heavy atom. The number of carbonyl (C=O) groups excluding carboxylic acids is 10. The van der Waals surface area contributed by atoms with Crippen molar-refractivity contribution in [3.63, 3.8) is 0 Å². The minimum absolute atomic E-state index is 0.00243. The van der Waals surface area contributed by atoms with Gasteiger partial charge in [0.05, 0.1) is 25.1 Å². The molecule has 69 heavy (non-hydrogen) atoms. The van der Waals surface area contributed by atoms with Crippen molar-refractivity contribution in [1.29, 1.82) is 0 Å². The Bertz CT molecular complexity index is 2030. The Hall–Kier alpha value is -5.50. The standard InChI is InChI=1S/C44H70N12O11S2/c1-7-23(3)33-40(64)55-34(24(4)57)41(65)51-28(19-31(46)58)37(61)53-29(43(67)56-17-9-11-30(56)39(63)50-26(10-8-16-45)36(60)49-20-32(47)59)21-68-69-44(5,6)35(48)42(66)52-27(38(62)54-33)18-25-14-12-22(2)13-15-25/h12-15,23-24,26-30,33-35,57H,7-11,16-21,45,48H2,1-6H3,(H2,46,58)(H2,47,59)(H,49,60)(H,50,63)(H,51,65)(H,52,66)(H,53,61)(H,54,62)(H,55,64). The van der Waals surface area contributed by atoms with Gasteiger partial charge in [-0.25, -0.2) is 0 Å². The fourth-order valence-corrected chi connectivity index (χ4v) is 10.2. The van der Waals surface area contributed by atoms with Gasteiger partial charge in [-0.1, -0.05) is 71.7 Å². The number of primary amides is 2. The first-order valence-electron chi connectivity index (χ1n) is 22.9. The Kier molecular flexibility index (Phi) is 22.7. The van der Waals surface area contributed by atoms with E-state index in [1.807, 2.05) is 19.1 Å². The number of hydrogen-bond donors (Lipinski definition) is 12. The first kappa shape index (κ1) is 57.8. The Labute approximate surface area is 409 Å². The molecule has 2 fully saturated rings. The van der Waals surface area contributed by atoms with Crippen LogP contribution in [-0.4, -0.2) is 154 Å². The van der Waals surface area contributed by atoms with Crippen molar-refractivity contribution in [3.8, 4) is 0 Å². The van der Waals surface area contributed by atoms with Crippen LogP contribution in [0.1, 0.15) is 84.3 Å². The van der Waals surface area contributed by atoms with Crippen molar-refractivity contribution in [1.82, 2.24) is 42.1 Å². The molecule has 23 nitrogen and oxygen atoms in total. The summed E-state index contributed by atoms with van der Waals surface area (Å²) in [7, 11) is 2.12. The molecule has 1 aromatic carbocycles. The number of hydrogen-bond acceptors (Lipinski definition) is 15. The van der Waals surface area contributed by atoms with E-state index in [9.17, 15) is 53.1 Å². The molecule has 0 aromatic heterocycles. The van der Waals surface area contributed by atoms with E-state index < -0.39 is 137 Å². The molecule has 0 radical (unpaired) electrons. The molecule has 2 saturated heterocycles. The molecule has 2 heterocycles. The van der Waals surface area contributed by atoms with Crippen molar-refractivity contribution in [2.45, 2.75) is 146 Å². The summed E-state index contributed by atoms with van der Waals surface area (Å²) >= 11 is 0. The number of likely N-dealkylation sites (tertiary alicyclic amines) is 1. The van der Waals surface area contributed by atoms with Crippen molar-refractivity contribution in [2.24, 2.45) is 28.9 Å². The third kappa shape index (κ3) is 17.4. The molecular weight excluding hydrogens is 937 g/mol. The lowest BCUT2D eigenvalue weighted by molar-refractivity contribution is -0.142. The number of carbonyl (C=O) groups is 10. The monoisotopic (exact) mass is 1010 g/mol. The van der Waals surface area contributed by atoms with Gasteiger partial charge in [0, 0.05) is 23.5 Å². The van der Waals surface area contributed by atoms with Crippen LogP contribution in [0.15, 0.2) is 24.3 Å². The van der Waals surface area contributed by atoms with Crippen LogP contribution in [0, 0.1) is 12.8 Å². The molecule has 2 aliphatic heterocycles. The first-order chi connectivity index (χ1) is 32.4. The molecular formula is C44H70N12O11S2. The van der Waals surface area contributed by atoms with E-state index >= 15 is 0 Å². The highest BCUT2D eigenvalue weighted by molar-refractivity contribution is 8.77. The summed E-state index contributed by atoms with van der Waals surface area (Å²) in [6, 6.07) is -3.84. The molecule has 3 rings (SSSR count). The fraction of sp³-hybridized carbons (Fsp3) is 0.636. The second-order valence-corrected chi connectivity index (χ2v) is 21.0. The molecule has 25 heteroatoms. The highest BCUT2D eigenvalue weighted by Crippen LogP contribution is 2.38. The van der Waals surface area contributed by atoms with Gasteiger partial charge in [0.2, 0.25) is 59.1 Å². The lowest BCUT2D eigenvalue weighted by atomic mass is 9.96. The molecule has 16 N–H and O–H groups in total. The minimum atomic E-state index is -1.76. The molecule has 0 spiro atoms. The normalized spacial score (nSPS) is 25.6. The van der Waals surface area contributed by atoms with Crippen LogP contribution in [0.5, 0.6) is 0 Å². The van der Waals surface area contributed by atoms with Gasteiger partial charge in [-0.15, -0.1) is 0 Å². The predicted molar refractivity (Wildman–Crippen MR) is 259 cm³/mol. The maximum atomic E-state index is 14.6. The van der Waals surface area contributed by atoms with Crippen LogP contribution >= 0.6 is 21.6 Å². The largest absolute Gasteiger partial charge is 0.391 e. The number of nitrogens with two attached hydrogens (primary N) is 4. The van der Waals surface area contributed by atoms with Crippen LogP contribution in [0.3, 0.4) is 0 Å². The summed E-state index contributed by atoms with van der Waals surface area (Å²) in [5, 5.41) is 28.7. The Balaban J connectivity index is 2.08. The van der Waals surface area contributed by atoms with E-state index in [0.29, 0.717) is 24.8 Å². The zero-order valence-corrected chi connectivity index (χ0v) is 41.6. The zero-order chi connectivity index (χ0) is 51.7. The number of aliphatic hydroxyl groups is 1. The van der Waals surface area contributed by atoms with Gasteiger partial charge >= 0.3 is 0 Å². The van der Waals surface area contributed by atoms with Crippen LogP contribution in [0.2, 0.25) is 0 Å². The summed E-state index contributed by atoms with van der Waals surface area (Å²) in [6.45, 7) is 9.59. The second-order valence-electron chi connectivity index (χ2n) is 18.0. The van der Waals surface area contributed by atoms with Crippen molar-refractivity contribution >= 4 is 80.7 Å². The maximum absolute atomic E-state index is 14.6. The van der Waals surface area contributed by atoms with Crippen molar-refractivity contribution < 1.29 is 53.1 Å². The number of amides is 10. The van der Waals surface area contributed by atoms with Crippen molar-refractivity contribution in [2.75, 3.05) is 25.4 Å². The van der Waals surface area contributed by atoms with Crippen molar-refractivity contribution in [3.05, 3.63) is 35.4 Å². The zero-order valence-electron chi connectivity index (χ0n) is 40.0. The van der Waals surface area contributed by atoms with Crippen LogP contribution in [0.25, 0.3) is 0 Å². The Morgan fingerprint density at radius 3 is 2.07 bits per heavy atom. The van der Waals surface area contributed by atoms with Gasteiger partial charge in [0.15, 0.2) is 0 Å². The smallest absolute Gasteiger partial charge is 0.246 e. The number of aliphatic hydroxyl groups excluding tert-OH is 1. The molecule has 384 valence electrons. The quantitative estimate of drug-likeness (QED) is 0.0718. The molecule has 10 amide bonds. The van der Waals surface area contributed by atoms with E-state index in [1.165, 1.54) is 11.8 Å². The molecule has 10 atom stereocenters. The summed E-state index contributed by atoms with van der Waals surface area (Å²) in [5.41, 5.74) is 24.6. The van der Waals surface area contributed by atoms with Crippen LogP contribution in [0.4, 0.5) is 0 Å². The average molecular weight is 1010 g/mol. The second kappa shape index (κ2) is 27.0. The number of benzene rings is 1. The fourth-order valence-electron chi connectivity index (χ4n) is 7.43. The van der Waals surface area contributed by atoms with E-state index in [0.717, 1.165) is 27.2 Å². The molecule has 0 saturated carbocycles. The maximum Gasteiger partial charge on any atom is 0.246 e. The number of nitrogens with zero attached hydrogens (tertiary/aromatic N) is 1. The molecule has 0 bridgehead atoms. The summed E-state index contributed by atoms with van der Waals surface area (Å²) in [5.74, 6) is -9.32. The summed E-state index contributed by atoms with van der Waals surface area (Å²) in [6.07, 6.45) is -1.10. The third-order valence-electron chi connectivity index (χ3n) is 11.8. The van der Waals surface area contributed by atoms with Gasteiger partial charge in [-0.05, 0) is 71.4 Å². The number of nitrogens with one attached hydrogen (secondary N) is 7. The van der Waals surface area contributed by atoms with Gasteiger partial charge in [-0.2, -0.15) is 0 Å². The van der Waals surface area contributed by atoms with Gasteiger partial charge in [-0.3, -0.25) is 47.9 Å². The number of rotatable bonds is 16. The highest BCUT2D eigenvalue weighted by Gasteiger charge is 2.42. The lowest BCUT2D eigenvalue weighted by Gasteiger charge is -2.33. The lowest BCUT2D eigenvalue weighted by Crippen LogP contribution is -2.63. The van der Waals surface area contributed by atoms with Gasteiger partial charge in [0.1, 0.15) is 42.3 Å². The first-order valence-corrected chi connectivity index (χ1v) is 25.2. The molecule has 2 aliphatic rings. The third-order valence-corrected chi connectivity index (χ3v) is 15.2. The van der Waals surface area contributed by atoms with E-state index in [-0.39, 0.29) is 38.1 Å². The summed E-state index contributed by atoms with van der Waals surface area (Å²) < 4.78 is -1.13. The van der Waals surface area contributed by atoms with Crippen LogP contribution in [-0.2, 0) is 54.4 Å². The topological polar surface area (TPSA) is 382 Å². The van der Waals surface area contributed by atoms with E-state index in [1.54, 1.807) is 39.8 Å². The molecule has 1 aromatic rings. The molecule has 0 aliphatic carbocycles. The van der Waals surface area contributed by atoms with Gasteiger partial charge < -0.3 is 70.2 Å². The average Bonchev–Trinajstić information content (AvgIpc) is 3.79. The highest BCUT2D eigenvalue weighted by atomic mass is 33.1.